The van der Waals surface area contributed by atoms with Gasteiger partial charge in [-0.05, 0) is 37.3 Å². The second kappa shape index (κ2) is 6.30. The summed E-state index contributed by atoms with van der Waals surface area (Å²) in [6, 6.07) is 9.70. The molecule has 1 saturated carbocycles. The largest absolute Gasteiger partial charge is 0.489 e. The van der Waals surface area contributed by atoms with Crippen molar-refractivity contribution in [3.8, 4) is 11.8 Å². The highest BCUT2D eigenvalue weighted by Gasteiger charge is 2.41. The van der Waals surface area contributed by atoms with Gasteiger partial charge in [0.1, 0.15) is 11.9 Å². The molecule has 0 radical (unpaired) electrons. The molecule has 0 spiro atoms. The van der Waals surface area contributed by atoms with Gasteiger partial charge in [0.15, 0.2) is 5.78 Å². The lowest BCUT2D eigenvalue weighted by atomic mass is 9.75. The Morgan fingerprint density at radius 2 is 1.95 bits per heavy atom. The average molecular weight is 283 g/mol. The van der Waals surface area contributed by atoms with E-state index in [-0.39, 0.29) is 17.8 Å². The standard InChI is InChI=1S/C18H21NO2/c19-12-6-10-15-17(20)14-9-4-5-11-16(14)21-18(15)13-7-2-1-3-8-13/h4-5,9,11,13,15,18H,1-3,6-8,10H2. The molecule has 0 N–H and O–H groups in total. The minimum absolute atomic E-state index is 0.0407. The average Bonchev–Trinajstić information content (AvgIpc) is 2.55. The number of fused-ring (bicyclic) bond motifs is 1. The molecule has 2 unspecified atom stereocenters. The molecule has 3 heteroatoms. The second-order valence-corrected chi connectivity index (χ2v) is 6.14. The minimum atomic E-state index is -0.150. The fourth-order valence-electron chi connectivity index (χ4n) is 3.75. The molecule has 1 heterocycles. The van der Waals surface area contributed by atoms with Crippen molar-refractivity contribution in [3.05, 3.63) is 29.8 Å². The van der Waals surface area contributed by atoms with Gasteiger partial charge in [0, 0.05) is 6.42 Å². The first-order valence-electron chi connectivity index (χ1n) is 7.98. The summed E-state index contributed by atoms with van der Waals surface area (Å²) >= 11 is 0. The zero-order chi connectivity index (χ0) is 14.7. The molecule has 1 aromatic carbocycles. The van der Waals surface area contributed by atoms with Crippen molar-refractivity contribution in [3.63, 3.8) is 0 Å². The first kappa shape index (κ1) is 14.1. The van der Waals surface area contributed by atoms with Gasteiger partial charge in [-0.2, -0.15) is 5.26 Å². The number of Topliss-reactive ketones (excluding diaryl/α,β-unsaturated/α-hetero) is 1. The molecule has 1 fully saturated rings. The second-order valence-electron chi connectivity index (χ2n) is 6.14. The van der Waals surface area contributed by atoms with Gasteiger partial charge in [-0.3, -0.25) is 4.79 Å². The molecule has 0 aromatic heterocycles. The van der Waals surface area contributed by atoms with Crippen LogP contribution in [-0.4, -0.2) is 11.9 Å². The van der Waals surface area contributed by atoms with Crippen LogP contribution in [0.2, 0.25) is 0 Å². The highest BCUT2D eigenvalue weighted by atomic mass is 16.5. The van der Waals surface area contributed by atoms with Gasteiger partial charge < -0.3 is 4.74 Å². The summed E-state index contributed by atoms with van der Waals surface area (Å²) in [6.07, 6.45) is 7.02. The molecule has 1 aliphatic heterocycles. The summed E-state index contributed by atoms with van der Waals surface area (Å²) in [7, 11) is 0. The lowest BCUT2D eigenvalue weighted by molar-refractivity contribution is 0.0334. The molecular weight excluding hydrogens is 262 g/mol. The van der Waals surface area contributed by atoms with Crippen LogP contribution in [0.4, 0.5) is 0 Å². The van der Waals surface area contributed by atoms with E-state index in [1.165, 1.54) is 19.3 Å². The Balaban J connectivity index is 1.89. The number of hydrogen-bond acceptors (Lipinski definition) is 3. The molecule has 2 atom stereocenters. The van der Waals surface area contributed by atoms with E-state index in [2.05, 4.69) is 6.07 Å². The molecule has 110 valence electrons. The summed E-state index contributed by atoms with van der Waals surface area (Å²) in [5.41, 5.74) is 0.687. The monoisotopic (exact) mass is 283 g/mol. The molecule has 1 aromatic rings. The van der Waals surface area contributed by atoms with Crippen LogP contribution in [0.1, 0.15) is 55.3 Å². The summed E-state index contributed by atoms with van der Waals surface area (Å²) in [4.78, 5) is 12.8. The maximum Gasteiger partial charge on any atom is 0.173 e. The highest BCUT2D eigenvalue weighted by Crippen LogP contribution is 2.40. The molecule has 3 rings (SSSR count). The van der Waals surface area contributed by atoms with Crippen molar-refractivity contribution in [2.75, 3.05) is 0 Å². The van der Waals surface area contributed by atoms with Gasteiger partial charge >= 0.3 is 0 Å². The van der Waals surface area contributed by atoms with E-state index in [4.69, 9.17) is 10.00 Å². The Bertz CT molecular complexity index is 555. The summed E-state index contributed by atoms with van der Waals surface area (Å²) in [6.45, 7) is 0. The Hall–Kier alpha value is -1.82. The fraction of sp³-hybridized carbons (Fsp3) is 0.556. The number of para-hydroxylation sites is 1. The van der Waals surface area contributed by atoms with Crippen molar-refractivity contribution >= 4 is 5.78 Å². The van der Waals surface area contributed by atoms with Gasteiger partial charge in [-0.1, -0.05) is 31.4 Å². The molecule has 21 heavy (non-hydrogen) atoms. The molecule has 0 amide bonds. The van der Waals surface area contributed by atoms with Gasteiger partial charge in [0.25, 0.3) is 0 Å². The Morgan fingerprint density at radius 1 is 1.19 bits per heavy atom. The number of benzene rings is 1. The highest BCUT2D eigenvalue weighted by molar-refractivity contribution is 6.01. The van der Waals surface area contributed by atoms with Crippen LogP contribution in [0.25, 0.3) is 0 Å². The van der Waals surface area contributed by atoms with Crippen LogP contribution in [0.15, 0.2) is 24.3 Å². The number of hydrogen-bond donors (Lipinski definition) is 0. The van der Waals surface area contributed by atoms with E-state index < -0.39 is 0 Å². The molecular formula is C18H21NO2. The molecule has 1 aliphatic carbocycles. The van der Waals surface area contributed by atoms with E-state index in [1.54, 1.807) is 0 Å². The first-order valence-corrected chi connectivity index (χ1v) is 7.98. The summed E-state index contributed by atoms with van der Waals surface area (Å²) in [5.74, 6) is 1.20. The summed E-state index contributed by atoms with van der Waals surface area (Å²) < 4.78 is 6.22. The van der Waals surface area contributed by atoms with Crippen molar-refractivity contribution in [1.29, 1.82) is 5.26 Å². The fourth-order valence-corrected chi connectivity index (χ4v) is 3.75. The number of carbonyl (C=O) groups is 1. The molecule has 0 saturated heterocycles. The van der Waals surface area contributed by atoms with Crippen molar-refractivity contribution in [1.82, 2.24) is 0 Å². The lowest BCUT2D eigenvalue weighted by Crippen LogP contribution is -2.43. The zero-order valence-electron chi connectivity index (χ0n) is 12.3. The van der Waals surface area contributed by atoms with Crippen molar-refractivity contribution in [2.45, 2.75) is 51.0 Å². The van der Waals surface area contributed by atoms with Gasteiger partial charge in [0.05, 0.1) is 17.6 Å². The van der Waals surface area contributed by atoms with Crippen LogP contribution in [0.5, 0.6) is 5.75 Å². The molecule has 0 bridgehead atoms. The minimum Gasteiger partial charge on any atom is -0.489 e. The maximum atomic E-state index is 12.8. The number of rotatable bonds is 3. The van der Waals surface area contributed by atoms with E-state index in [0.29, 0.717) is 24.3 Å². The number of ketones is 1. The van der Waals surface area contributed by atoms with Crippen LogP contribution in [-0.2, 0) is 0 Å². The predicted octanol–water partition coefficient (Wildman–Crippen LogP) is 4.13. The number of nitrogens with zero attached hydrogens (tertiary/aromatic N) is 1. The third-order valence-corrected chi connectivity index (χ3v) is 4.83. The molecule has 3 nitrogen and oxygen atoms in total. The van der Waals surface area contributed by atoms with Gasteiger partial charge in [-0.15, -0.1) is 0 Å². The quantitative estimate of drug-likeness (QED) is 0.838. The Kier molecular flexibility index (Phi) is 4.24. The summed E-state index contributed by atoms with van der Waals surface area (Å²) in [5, 5.41) is 8.87. The van der Waals surface area contributed by atoms with Crippen LogP contribution in [0, 0.1) is 23.2 Å². The lowest BCUT2D eigenvalue weighted by Gasteiger charge is -2.38. The van der Waals surface area contributed by atoms with E-state index in [1.807, 2.05) is 24.3 Å². The third-order valence-electron chi connectivity index (χ3n) is 4.83. The third kappa shape index (κ3) is 2.81. The van der Waals surface area contributed by atoms with E-state index in [0.717, 1.165) is 18.6 Å². The zero-order valence-corrected chi connectivity index (χ0v) is 12.3. The topological polar surface area (TPSA) is 50.1 Å². The molecule has 2 aliphatic rings. The predicted molar refractivity (Wildman–Crippen MR) is 80.1 cm³/mol. The number of carbonyl (C=O) groups excluding carboxylic acids is 1. The SMILES string of the molecule is N#CCCC1C(=O)c2ccccc2OC1C1CCCCC1. The normalized spacial score (nSPS) is 25.8. The van der Waals surface area contributed by atoms with Crippen LogP contribution in [0.3, 0.4) is 0 Å². The van der Waals surface area contributed by atoms with E-state index >= 15 is 0 Å². The van der Waals surface area contributed by atoms with Crippen LogP contribution >= 0.6 is 0 Å². The van der Waals surface area contributed by atoms with Gasteiger partial charge in [0.2, 0.25) is 0 Å². The van der Waals surface area contributed by atoms with Crippen molar-refractivity contribution < 1.29 is 9.53 Å². The van der Waals surface area contributed by atoms with E-state index in [9.17, 15) is 4.79 Å². The Morgan fingerprint density at radius 3 is 2.71 bits per heavy atom. The van der Waals surface area contributed by atoms with Gasteiger partial charge in [-0.25, -0.2) is 0 Å². The number of nitriles is 1. The number of ether oxygens (including phenoxy) is 1. The smallest absolute Gasteiger partial charge is 0.173 e. The maximum absolute atomic E-state index is 12.8. The van der Waals surface area contributed by atoms with Crippen molar-refractivity contribution in [2.24, 2.45) is 11.8 Å². The van der Waals surface area contributed by atoms with Crippen LogP contribution < -0.4 is 4.74 Å². The Labute approximate surface area is 125 Å². The first-order chi connectivity index (χ1) is 10.3.